The van der Waals surface area contributed by atoms with Crippen LogP contribution < -0.4 is 10.6 Å². The Morgan fingerprint density at radius 3 is 2.39 bits per heavy atom. The lowest BCUT2D eigenvalue weighted by Gasteiger charge is -2.25. The van der Waals surface area contributed by atoms with Gasteiger partial charge >= 0.3 is 11.9 Å². The van der Waals surface area contributed by atoms with Crippen molar-refractivity contribution < 1.29 is 33.8 Å². The summed E-state index contributed by atoms with van der Waals surface area (Å²) in [6.07, 6.45) is 4.25. The lowest BCUT2D eigenvalue weighted by atomic mass is 9.96. The van der Waals surface area contributed by atoms with Gasteiger partial charge in [-0.05, 0) is 45.6 Å². The molecule has 1 aromatic carbocycles. The molecule has 2 amide bonds. The molecule has 2 rings (SSSR count). The number of allylic oxidation sites excluding steroid dienone is 2. The Balaban J connectivity index is 2.21. The van der Waals surface area contributed by atoms with Gasteiger partial charge in [-0.25, -0.2) is 0 Å². The van der Waals surface area contributed by atoms with Gasteiger partial charge in [0.05, 0.1) is 30.9 Å². The van der Waals surface area contributed by atoms with E-state index in [0.717, 1.165) is 5.56 Å². The van der Waals surface area contributed by atoms with E-state index < -0.39 is 35.4 Å². The average Bonchev–Trinajstić information content (AvgIpc) is 2.80. The Kier molecular flexibility index (Phi) is 11.6. The largest absolute Gasteiger partial charge is 0.463 e. The van der Waals surface area contributed by atoms with E-state index in [1.807, 2.05) is 30.3 Å². The molecule has 0 bridgehead atoms. The van der Waals surface area contributed by atoms with Crippen molar-refractivity contribution in [2.75, 3.05) is 19.8 Å². The highest BCUT2D eigenvalue weighted by molar-refractivity contribution is 5.86. The number of aliphatic hydroxyl groups excluding tert-OH is 1. The third-order valence-corrected chi connectivity index (χ3v) is 5.51. The summed E-state index contributed by atoms with van der Waals surface area (Å²) in [5.41, 5.74) is 0.283. The van der Waals surface area contributed by atoms with Crippen molar-refractivity contribution in [2.45, 2.75) is 64.5 Å². The van der Waals surface area contributed by atoms with E-state index in [-0.39, 0.29) is 57.3 Å². The van der Waals surface area contributed by atoms with Crippen molar-refractivity contribution in [1.29, 1.82) is 0 Å². The average molecular weight is 503 g/mol. The normalized spacial score (nSPS) is 22.3. The molecule has 0 spiro atoms. The number of hydrogen-bond donors (Lipinski definition) is 3. The monoisotopic (exact) mass is 502 g/mol. The fourth-order valence-corrected chi connectivity index (χ4v) is 3.81. The van der Waals surface area contributed by atoms with Crippen LogP contribution in [-0.2, 0) is 35.1 Å². The fraction of sp³-hybridized carbons (Fsp3) is 0.556. The molecule has 0 saturated carbocycles. The number of ether oxygens (including phenoxy) is 2. The SMILES string of the molecule is CC(C)(C)OC(=O)C[C@@H]1C/C=C\C[C@@H](CC(=O)NCCO)C(=O)N[C@H](Cc2ccccc2)COC1=O. The minimum absolute atomic E-state index is 0.0463. The van der Waals surface area contributed by atoms with Gasteiger partial charge in [0.2, 0.25) is 11.8 Å². The molecule has 0 aliphatic carbocycles. The number of rotatable bonds is 8. The van der Waals surface area contributed by atoms with Crippen LogP contribution in [0.2, 0.25) is 0 Å². The summed E-state index contributed by atoms with van der Waals surface area (Å²) >= 11 is 0. The molecule has 3 atom stereocenters. The molecule has 9 nitrogen and oxygen atoms in total. The fourth-order valence-electron chi connectivity index (χ4n) is 3.81. The Hall–Kier alpha value is -3.20. The number of amides is 2. The molecule has 1 aliphatic rings. The van der Waals surface area contributed by atoms with E-state index in [4.69, 9.17) is 14.6 Å². The Labute approximate surface area is 212 Å². The molecule has 198 valence electrons. The molecule has 0 aromatic heterocycles. The Morgan fingerprint density at radius 1 is 1.08 bits per heavy atom. The molecular formula is C27H38N2O7. The third-order valence-electron chi connectivity index (χ3n) is 5.51. The van der Waals surface area contributed by atoms with Crippen LogP contribution in [0.25, 0.3) is 0 Å². The first-order valence-electron chi connectivity index (χ1n) is 12.3. The molecular weight excluding hydrogens is 464 g/mol. The number of hydrogen-bond acceptors (Lipinski definition) is 7. The number of nitrogens with one attached hydrogen (secondary N) is 2. The number of benzene rings is 1. The van der Waals surface area contributed by atoms with Crippen LogP contribution in [0, 0.1) is 11.8 Å². The van der Waals surface area contributed by atoms with Crippen molar-refractivity contribution in [3.63, 3.8) is 0 Å². The highest BCUT2D eigenvalue weighted by Gasteiger charge is 2.29. The maximum Gasteiger partial charge on any atom is 0.309 e. The van der Waals surface area contributed by atoms with E-state index in [0.29, 0.717) is 6.42 Å². The van der Waals surface area contributed by atoms with E-state index in [1.54, 1.807) is 32.9 Å². The number of aliphatic hydroxyl groups is 1. The third kappa shape index (κ3) is 11.0. The molecule has 1 aliphatic heterocycles. The standard InChI is InChI=1S/C27H38N2O7/c1-27(2,3)36-24(32)17-21-12-8-7-11-20(16-23(31)28-13-14-30)25(33)29-22(18-35-26(21)34)15-19-9-5-4-6-10-19/h4-10,20-22,30H,11-18H2,1-3H3,(H,28,31)(H,29,33)/b8-7-/t20-,21-,22+/m0/s1. The summed E-state index contributed by atoms with van der Waals surface area (Å²) < 4.78 is 10.9. The molecule has 0 saturated heterocycles. The van der Waals surface area contributed by atoms with E-state index in [2.05, 4.69) is 10.6 Å². The van der Waals surface area contributed by atoms with Gasteiger partial charge in [0.25, 0.3) is 0 Å². The van der Waals surface area contributed by atoms with Gasteiger partial charge in [-0.3, -0.25) is 19.2 Å². The highest BCUT2D eigenvalue weighted by Crippen LogP contribution is 2.19. The zero-order chi connectivity index (χ0) is 26.6. The molecule has 3 N–H and O–H groups in total. The zero-order valence-electron chi connectivity index (χ0n) is 21.3. The lowest BCUT2D eigenvalue weighted by molar-refractivity contribution is -0.161. The highest BCUT2D eigenvalue weighted by atomic mass is 16.6. The number of esters is 2. The van der Waals surface area contributed by atoms with Crippen LogP contribution in [0.1, 0.15) is 52.0 Å². The van der Waals surface area contributed by atoms with E-state index >= 15 is 0 Å². The van der Waals surface area contributed by atoms with E-state index in [1.165, 1.54) is 0 Å². The first kappa shape index (κ1) is 29.0. The van der Waals surface area contributed by atoms with Gasteiger partial charge < -0.3 is 25.2 Å². The molecule has 0 unspecified atom stereocenters. The van der Waals surface area contributed by atoms with Gasteiger partial charge in [-0.15, -0.1) is 0 Å². The predicted octanol–water partition coefficient (Wildman–Crippen LogP) is 2.07. The van der Waals surface area contributed by atoms with Crippen LogP contribution in [-0.4, -0.2) is 60.3 Å². The van der Waals surface area contributed by atoms with Crippen LogP contribution >= 0.6 is 0 Å². The Bertz CT molecular complexity index is 908. The van der Waals surface area contributed by atoms with Gasteiger partial charge in [-0.1, -0.05) is 42.5 Å². The van der Waals surface area contributed by atoms with Crippen LogP contribution in [0.5, 0.6) is 0 Å². The minimum atomic E-state index is -0.727. The second-order valence-electron chi connectivity index (χ2n) is 9.93. The number of carbonyl (C=O) groups is 4. The maximum absolute atomic E-state index is 13.1. The lowest BCUT2D eigenvalue weighted by Crippen LogP contribution is -2.45. The quantitative estimate of drug-likeness (QED) is 0.366. The predicted molar refractivity (Wildman–Crippen MR) is 134 cm³/mol. The second-order valence-corrected chi connectivity index (χ2v) is 9.93. The van der Waals surface area contributed by atoms with Crippen LogP contribution in [0.3, 0.4) is 0 Å². The second kappa shape index (κ2) is 14.4. The topological polar surface area (TPSA) is 131 Å². The summed E-state index contributed by atoms with van der Waals surface area (Å²) in [5, 5.41) is 14.5. The summed E-state index contributed by atoms with van der Waals surface area (Å²) in [4.78, 5) is 50.6. The van der Waals surface area contributed by atoms with Gasteiger partial charge in [0.15, 0.2) is 0 Å². The van der Waals surface area contributed by atoms with Crippen LogP contribution in [0.15, 0.2) is 42.5 Å². The molecule has 0 fully saturated rings. The first-order chi connectivity index (χ1) is 17.1. The van der Waals surface area contributed by atoms with Gasteiger partial charge in [0.1, 0.15) is 12.2 Å². The maximum atomic E-state index is 13.1. The number of carbonyl (C=O) groups excluding carboxylic acids is 4. The molecule has 1 heterocycles. The van der Waals surface area contributed by atoms with Gasteiger partial charge in [-0.2, -0.15) is 0 Å². The molecule has 1 aromatic rings. The van der Waals surface area contributed by atoms with Crippen molar-refractivity contribution in [3.05, 3.63) is 48.0 Å². The Morgan fingerprint density at radius 2 is 1.75 bits per heavy atom. The molecule has 0 radical (unpaired) electrons. The minimum Gasteiger partial charge on any atom is -0.463 e. The summed E-state index contributed by atoms with van der Waals surface area (Å²) in [7, 11) is 0. The van der Waals surface area contributed by atoms with Gasteiger partial charge in [0, 0.05) is 13.0 Å². The summed E-state index contributed by atoms with van der Waals surface area (Å²) in [6, 6.07) is 8.97. The number of cyclic esters (lactones) is 1. The first-order valence-corrected chi connectivity index (χ1v) is 12.3. The summed E-state index contributed by atoms with van der Waals surface area (Å²) in [6.45, 7) is 5.14. The molecule has 9 heteroatoms. The van der Waals surface area contributed by atoms with Crippen LogP contribution in [0.4, 0.5) is 0 Å². The summed E-state index contributed by atoms with van der Waals surface area (Å²) in [5.74, 6) is -3.04. The zero-order valence-corrected chi connectivity index (χ0v) is 21.3. The van der Waals surface area contributed by atoms with Crippen molar-refractivity contribution >= 4 is 23.8 Å². The van der Waals surface area contributed by atoms with Crippen molar-refractivity contribution in [1.82, 2.24) is 10.6 Å². The van der Waals surface area contributed by atoms with E-state index in [9.17, 15) is 19.2 Å². The smallest absolute Gasteiger partial charge is 0.309 e. The van der Waals surface area contributed by atoms with Crippen molar-refractivity contribution in [3.8, 4) is 0 Å². The van der Waals surface area contributed by atoms with Crippen molar-refractivity contribution in [2.24, 2.45) is 11.8 Å². The molecule has 36 heavy (non-hydrogen) atoms.